The van der Waals surface area contributed by atoms with Gasteiger partial charge in [0.25, 0.3) is 0 Å². The first-order chi connectivity index (χ1) is 14.2. The normalized spacial score (nSPS) is 10.8. The molecule has 0 unspecified atom stereocenters. The number of carbonyl (C=O) groups is 2. The molecule has 0 saturated carbocycles. The van der Waals surface area contributed by atoms with Crippen LogP contribution in [0.15, 0.2) is 40.7 Å². The minimum absolute atomic E-state index is 0.0599. The van der Waals surface area contributed by atoms with Crippen LogP contribution in [0.2, 0.25) is 10.0 Å². The fraction of sp³-hybridized carbons (Fsp3) is 0.190. The summed E-state index contributed by atoms with van der Waals surface area (Å²) in [6.45, 7) is 3.75. The van der Waals surface area contributed by atoms with Crippen LogP contribution in [-0.2, 0) is 11.2 Å². The Kier molecular flexibility index (Phi) is 7.41. The third kappa shape index (κ3) is 5.76. The average molecular weight is 481 g/mol. The molecule has 1 heterocycles. The van der Waals surface area contributed by atoms with Crippen LogP contribution >= 0.6 is 46.3 Å². The fourth-order valence-corrected chi connectivity index (χ4v) is 5.18. The fourth-order valence-electron chi connectivity index (χ4n) is 2.74. The van der Waals surface area contributed by atoms with E-state index in [4.69, 9.17) is 23.2 Å². The Morgan fingerprint density at radius 3 is 2.67 bits per heavy atom. The second-order valence-electron chi connectivity index (χ2n) is 6.59. The lowest BCUT2D eigenvalue weighted by Gasteiger charge is -2.09. The summed E-state index contributed by atoms with van der Waals surface area (Å²) in [7, 11) is 0. The molecule has 3 rings (SSSR count). The van der Waals surface area contributed by atoms with Crippen LogP contribution in [0.5, 0.6) is 0 Å². The molecule has 0 aliphatic heterocycles. The zero-order valence-corrected chi connectivity index (χ0v) is 19.3. The number of carboxylic acid groups (broad SMARTS) is 1. The first-order valence-corrected chi connectivity index (χ1v) is 11.5. The highest BCUT2D eigenvalue weighted by atomic mass is 35.5. The van der Waals surface area contributed by atoms with E-state index < -0.39 is 5.97 Å². The molecule has 5 nitrogen and oxygen atoms in total. The lowest BCUT2D eigenvalue weighted by Crippen LogP contribution is -2.16. The molecule has 0 aliphatic rings. The second-order valence-corrected chi connectivity index (χ2v) is 9.74. The Balaban J connectivity index is 1.65. The van der Waals surface area contributed by atoms with Crippen LogP contribution in [0.25, 0.3) is 0 Å². The molecule has 0 aliphatic carbocycles. The largest absolute Gasteiger partial charge is 0.478 e. The van der Waals surface area contributed by atoms with Crippen LogP contribution in [-0.4, -0.2) is 27.7 Å². The van der Waals surface area contributed by atoms with Crippen molar-refractivity contribution in [2.24, 2.45) is 0 Å². The smallest absolute Gasteiger partial charge is 0.337 e. The van der Waals surface area contributed by atoms with Gasteiger partial charge < -0.3 is 10.4 Å². The van der Waals surface area contributed by atoms with Crippen LogP contribution < -0.4 is 5.32 Å². The summed E-state index contributed by atoms with van der Waals surface area (Å²) >= 11 is 15.1. The summed E-state index contributed by atoms with van der Waals surface area (Å²) in [6, 6.07) is 10.2. The van der Waals surface area contributed by atoms with Gasteiger partial charge in [0.15, 0.2) is 4.34 Å². The number of nitrogens with one attached hydrogen (secondary N) is 1. The number of carboxylic acids is 1. The van der Waals surface area contributed by atoms with Gasteiger partial charge in [-0.2, -0.15) is 0 Å². The standard InChI is InChI=1S/C21H18Cl2N2O3S2/c1-11-3-5-15(20(27)28)17(7-11)25-19(26)10-29-21-24-12(2)18(30-21)9-13-8-14(22)4-6-16(13)23/h3-8H,9-10H2,1-2H3,(H,25,26)(H,27,28). The summed E-state index contributed by atoms with van der Waals surface area (Å²) in [4.78, 5) is 29.3. The van der Waals surface area contributed by atoms with E-state index in [1.165, 1.54) is 29.2 Å². The van der Waals surface area contributed by atoms with Crippen LogP contribution in [0.4, 0.5) is 5.69 Å². The quantitative estimate of drug-likeness (QED) is 0.400. The number of anilines is 1. The molecular formula is C21H18Cl2N2O3S2. The number of hydrogen-bond acceptors (Lipinski definition) is 5. The Morgan fingerprint density at radius 2 is 1.93 bits per heavy atom. The number of hydrogen-bond donors (Lipinski definition) is 2. The van der Waals surface area contributed by atoms with Crippen molar-refractivity contribution in [3.05, 3.63) is 73.7 Å². The number of aromatic nitrogens is 1. The predicted octanol–water partition coefficient (Wildman–Crippen LogP) is 6.09. The second kappa shape index (κ2) is 9.83. The van der Waals surface area contributed by atoms with Gasteiger partial charge in [-0.3, -0.25) is 4.79 Å². The molecule has 2 N–H and O–H groups in total. The Hall–Kier alpha value is -2.06. The molecule has 0 saturated heterocycles. The number of rotatable bonds is 7. The van der Waals surface area contributed by atoms with E-state index >= 15 is 0 Å². The zero-order valence-electron chi connectivity index (χ0n) is 16.2. The SMILES string of the molecule is Cc1ccc(C(=O)O)c(NC(=O)CSc2nc(C)c(Cc3cc(Cl)ccc3Cl)s2)c1. The van der Waals surface area contributed by atoms with E-state index in [9.17, 15) is 14.7 Å². The molecule has 1 amide bonds. The van der Waals surface area contributed by atoms with Crippen molar-refractivity contribution in [1.82, 2.24) is 4.98 Å². The zero-order chi connectivity index (χ0) is 21.8. The molecule has 0 spiro atoms. The number of carbonyl (C=O) groups excluding carboxylic acids is 1. The maximum absolute atomic E-state index is 12.4. The highest BCUT2D eigenvalue weighted by Crippen LogP contribution is 2.31. The summed E-state index contributed by atoms with van der Waals surface area (Å²) < 4.78 is 0.763. The molecule has 9 heteroatoms. The van der Waals surface area contributed by atoms with Crippen molar-refractivity contribution in [2.45, 2.75) is 24.6 Å². The minimum atomic E-state index is -1.09. The number of aromatic carboxylic acids is 1. The van der Waals surface area contributed by atoms with E-state index in [2.05, 4.69) is 10.3 Å². The van der Waals surface area contributed by atoms with Gasteiger partial charge in [0.05, 0.1) is 22.7 Å². The topological polar surface area (TPSA) is 79.3 Å². The number of thiazole rings is 1. The van der Waals surface area contributed by atoms with Crippen LogP contribution in [0.3, 0.4) is 0 Å². The first kappa shape index (κ1) is 22.6. The molecule has 30 heavy (non-hydrogen) atoms. The lowest BCUT2D eigenvalue weighted by molar-refractivity contribution is -0.113. The molecule has 0 atom stereocenters. The number of amides is 1. The summed E-state index contributed by atoms with van der Waals surface area (Å²) in [5, 5.41) is 13.2. The highest BCUT2D eigenvalue weighted by Gasteiger charge is 2.15. The van der Waals surface area contributed by atoms with Gasteiger partial charge in [0.2, 0.25) is 5.91 Å². The number of thioether (sulfide) groups is 1. The monoisotopic (exact) mass is 480 g/mol. The van der Waals surface area contributed by atoms with Crippen LogP contribution in [0, 0.1) is 13.8 Å². The van der Waals surface area contributed by atoms with Crippen molar-refractivity contribution in [1.29, 1.82) is 0 Å². The maximum atomic E-state index is 12.4. The van der Waals surface area contributed by atoms with E-state index in [-0.39, 0.29) is 17.2 Å². The van der Waals surface area contributed by atoms with Crippen molar-refractivity contribution in [3.63, 3.8) is 0 Å². The first-order valence-electron chi connectivity index (χ1n) is 8.89. The molecule has 156 valence electrons. The van der Waals surface area contributed by atoms with Gasteiger partial charge in [-0.15, -0.1) is 11.3 Å². The van der Waals surface area contributed by atoms with E-state index in [0.717, 1.165) is 26.0 Å². The van der Waals surface area contributed by atoms with Crippen molar-refractivity contribution in [3.8, 4) is 0 Å². The molecule has 0 radical (unpaired) electrons. The number of aryl methyl sites for hydroxylation is 2. The molecule has 3 aromatic rings. The summed E-state index contributed by atoms with van der Waals surface area (Å²) in [5.74, 6) is -1.25. The highest BCUT2D eigenvalue weighted by molar-refractivity contribution is 8.01. The lowest BCUT2D eigenvalue weighted by atomic mass is 10.1. The molecule has 1 aromatic heterocycles. The maximum Gasteiger partial charge on any atom is 0.337 e. The van der Waals surface area contributed by atoms with Gasteiger partial charge in [-0.1, -0.05) is 41.0 Å². The molecule has 0 bridgehead atoms. The van der Waals surface area contributed by atoms with Gasteiger partial charge in [-0.25, -0.2) is 9.78 Å². The van der Waals surface area contributed by atoms with Crippen molar-refractivity contribution >= 4 is 63.9 Å². The van der Waals surface area contributed by atoms with Gasteiger partial charge in [0, 0.05) is 21.3 Å². The number of nitrogens with zero attached hydrogens (tertiary/aromatic N) is 1. The van der Waals surface area contributed by atoms with E-state index in [1.807, 2.05) is 19.9 Å². The molecule has 0 fully saturated rings. The Bertz CT molecular complexity index is 1120. The number of benzene rings is 2. The van der Waals surface area contributed by atoms with Crippen LogP contribution in [0.1, 0.15) is 32.1 Å². The Labute approximate surface area is 192 Å². The predicted molar refractivity (Wildman–Crippen MR) is 124 cm³/mol. The van der Waals surface area contributed by atoms with Crippen molar-refractivity contribution in [2.75, 3.05) is 11.1 Å². The third-order valence-corrected chi connectivity index (χ3v) is 7.14. The third-order valence-electron chi connectivity index (χ3n) is 4.24. The minimum Gasteiger partial charge on any atom is -0.478 e. The summed E-state index contributed by atoms with van der Waals surface area (Å²) in [6.07, 6.45) is 0.612. The Morgan fingerprint density at radius 1 is 1.17 bits per heavy atom. The average Bonchev–Trinajstić information content (AvgIpc) is 3.02. The number of halogens is 2. The van der Waals surface area contributed by atoms with Gasteiger partial charge in [0.1, 0.15) is 0 Å². The summed E-state index contributed by atoms with van der Waals surface area (Å²) in [5.41, 5.74) is 3.02. The van der Waals surface area contributed by atoms with E-state index in [0.29, 0.717) is 22.2 Å². The molecule has 2 aromatic carbocycles. The van der Waals surface area contributed by atoms with Gasteiger partial charge >= 0.3 is 5.97 Å². The van der Waals surface area contributed by atoms with Crippen molar-refractivity contribution < 1.29 is 14.7 Å². The molecular weight excluding hydrogens is 463 g/mol. The van der Waals surface area contributed by atoms with E-state index in [1.54, 1.807) is 24.3 Å². The van der Waals surface area contributed by atoms with Gasteiger partial charge in [-0.05, 0) is 55.3 Å².